The van der Waals surface area contributed by atoms with Crippen molar-refractivity contribution in [3.8, 4) is 11.4 Å². The lowest BCUT2D eigenvalue weighted by atomic mass is 10.2. The number of halogens is 1. The van der Waals surface area contributed by atoms with Crippen LogP contribution in [0.5, 0.6) is 0 Å². The summed E-state index contributed by atoms with van der Waals surface area (Å²) in [6.45, 7) is 4.60. The summed E-state index contributed by atoms with van der Waals surface area (Å²) in [6.07, 6.45) is 1.42. The first-order valence-electron chi connectivity index (χ1n) is 7.89. The van der Waals surface area contributed by atoms with Gasteiger partial charge in [-0.25, -0.2) is 0 Å². The number of rotatable bonds is 9. The minimum absolute atomic E-state index is 0.406. The third-order valence-corrected chi connectivity index (χ3v) is 3.40. The zero-order chi connectivity index (χ0) is 17.2. The zero-order valence-electron chi connectivity index (χ0n) is 13.7. The van der Waals surface area contributed by atoms with Crippen LogP contribution in [-0.4, -0.2) is 42.4 Å². The van der Waals surface area contributed by atoms with Crippen molar-refractivity contribution in [2.45, 2.75) is 19.8 Å². The van der Waals surface area contributed by atoms with Gasteiger partial charge in [0, 0.05) is 43.3 Å². The molecule has 0 bridgehead atoms. The van der Waals surface area contributed by atoms with Gasteiger partial charge < -0.3 is 20.3 Å². The molecule has 0 spiro atoms. The Morgan fingerprint density at radius 1 is 1.38 bits per heavy atom. The van der Waals surface area contributed by atoms with E-state index in [2.05, 4.69) is 20.4 Å². The molecule has 130 valence electrons. The fraction of sp³-hybridized carbons (Fsp3) is 0.438. The van der Waals surface area contributed by atoms with Crippen molar-refractivity contribution in [1.82, 2.24) is 15.5 Å². The number of hydrogen-bond acceptors (Lipinski definition) is 5. The van der Waals surface area contributed by atoms with Gasteiger partial charge in [-0.15, -0.1) is 0 Å². The number of hydrogen-bond donors (Lipinski definition) is 2. The Hall–Kier alpha value is -2.12. The average Bonchev–Trinajstić information content (AvgIpc) is 3.04. The lowest BCUT2D eigenvalue weighted by molar-refractivity contribution is 0.146. The largest absolute Gasteiger partial charge is 0.382 e. The van der Waals surface area contributed by atoms with Crippen molar-refractivity contribution >= 4 is 17.6 Å². The highest BCUT2D eigenvalue weighted by Crippen LogP contribution is 2.18. The first kappa shape index (κ1) is 18.2. The van der Waals surface area contributed by atoms with Crippen LogP contribution in [0, 0.1) is 0 Å². The molecule has 24 heavy (non-hydrogen) atoms. The number of benzene rings is 1. The van der Waals surface area contributed by atoms with Crippen molar-refractivity contribution in [1.29, 1.82) is 0 Å². The lowest BCUT2D eigenvalue weighted by Crippen LogP contribution is -2.33. The lowest BCUT2D eigenvalue weighted by Gasteiger charge is -2.03. The minimum atomic E-state index is 0.406. The monoisotopic (exact) mass is 351 g/mol. The molecule has 7 nitrogen and oxygen atoms in total. The summed E-state index contributed by atoms with van der Waals surface area (Å²) in [5, 5.41) is 7.65. The molecule has 0 radical (unpaired) electrons. The maximum atomic E-state index is 5.86. The van der Waals surface area contributed by atoms with E-state index < -0.39 is 0 Å². The van der Waals surface area contributed by atoms with E-state index in [4.69, 9.17) is 26.6 Å². The van der Waals surface area contributed by atoms with Crippen LogP contribution in [0.15, 0.2) is 33.8 Å². The summed E-state index contributed by atoms with van der Waals surface area (Å²) in [5.41, 5.74) is 6.64. The summed E-state index contributed by atoms with van der Waals surface area (Å²) in [4.78, 5) is 8.56. The second-order valence-corrected chi connectivity index (χ2v) is 5.45. The van der Waals surface area contributed by atoms with Gasteiger partial charge in [0.15, 0.2) is 5.96 Å². The predicted octanol–water partition coefficient (Wildman–Crippen LogP) is 2.26. The van der Waals surface area contributed by atoms with Crippen LogP contribution in [0.3, 0.4) is 0 Å². The highest BCUT2D eigenvalue weighted by atomic mass is 35.5. The third kappa shape index (κ3) is 6.17. The molecule has 2 aromatic rings. The van der Waals surface area contributed by atoms with Crippen LogP contribution in [0.25, 0.3) is 11.4 Å². The molecule has 0 saturated carbocycles. The first-order valence-corrected chi connectivity index (χ1v) is 8.27. The van der Waals surface area contributed by atoms with E-state index in [0.29, 0.717) is 48.8 Å². The van der Waals surface area contributed by atoms with Crippen molar-refractivity contribution in [2.24, 2.45) is 10.7 Å². The summed E-state index contributed by atoms with van der Waals surface area (Å²) >= 11 is 5.86. The second-order valence-electron chi connectivity index (χ2n) is 5.01. The average molecular weight is 352 g/mol. The number of nitrogens with zero attached hydrogens (tertiary/aromatic N) is 3. The molecule has 0 fully saturated rings. The molecular weight excluding hydrogens is 330 g/mol. The Balaban J connectivity index is 1.73. The summed E-state index contributed by atoms with van der Waals surface area (Å²) < 4.78 is 10.5. The molecule has 1 aromatic carbocycles. The SMILES string of the molecule is CCOCCCN=C(N)NCCc1nc(-c2ccc(Cl)cc2)no1. The molecule has 2 rings (SSSR count). The number of aliphatic imine (C=N–C) groups is 1. The van der Waals surface area contributed by atoms with Crippen LogP contribution in [-0.2, 0) is 11.2 Å². The van der Waals surface area contributed by atoms with Crippen LogP contribution in [0.1, 0.15) is 19.2 Å². The molecule has 0 aliphatic carbocycles. The predicted molar refractivity (Wildman–Crippen MR) is 94.1 cm³/mol. The van der Waals surface area contributed by atoms with Crippen LogP contribution in [0.2, 0.25) is 5.02 Å². The quantitative estimate of drug-likeness (QED) is 0.408. The Bertz CT molecular complexity index is 642. The molecule has 0 aliphatic rings. The molecule has 3 N–H and O–H groups in total. The van der Waals surface area contributed by atoms with E-state index >= 15 is 0 Å². The normalized spacial score (nSPS) is 11.7. The van der Waals surface area contributed by atoms with Gasteiger partial charge in [0.2, 0.25) is 11.7 Å². The fourth-order valence-electron chi connectivity index (χ4n) is 1.94. The summed E-state index contributed by atoms with van der Waals surface area (Å²) in [5.74, 6) is 1.49. The Labute approximate surface area is 146 Å². The van der Waals surface area contributed by atoms with Crippen LogP contribution < -0.4 is 11.1 Å². The van der Waals surface area contributed by atoms with Crippen LogP contribution >= 0.6 is 11.6 Å². The Kier molecular flexibility index (Phi) is 7.51. The van der Waals surface area contributed by atoms with E-state index in [1.165, 1.54) is 0 Å². The minimum Gasteiger partial charge on any atom is -0.382 e. The Morgan fingerprint density at radius 3 is 2.92 bits per heavy atom. The standard InChI is InChI=1S/C16H22ClN5O2/c1-2-23-11-3-9-19-16(18)20-10-8-14-21-15(22-24-14)12-4-6-13(17)7-5-12/h4-7H,2-3,8-11H2,1H3,(H3,18,19,20). The number of ether oxygens (including phenoxy) is 1. The maximum Gasteiger partial charge on any atom is 0.228 e. The zero-order valence-corrected chi connectivity index (χ0v) is 14.4. The van der Waals surface area contributed by atoms with E-state index in [1.807, 2.05) is 19.1 Å². The smallest absolute Gasteiger partial charge is 0.228 e. The number of nitrogens with one attached hydrogen (secondary N) is 1. The number of aromatic nitrogens is 2. The molecule has 0 atom stereocenters. The fourth-order valence-corrected chi connectivity index (χ4v) is 2.06. The summed E-state index contributed by atoms with van der Waals surface area (Å²) in [7, 11) is 0. The molecule has 8 heteroatoms. The Morgan fingerprint density at radius 2 is 2.17 bits per heavy atom. The van der Waals surface area contributed by atoms with Gasteiger partial charge in [0.1, 0.15) is 0 Å². The number of guanidine groups is 1. The van der Waals surface area contributed by atoms with Gasteiger partial charge in [-0.05, 0) is 37.6 Å². The molecule has 0 saturated heterocycles. The molecule has 0 unspecified atom stereocenters. The molecule has 1 heterocycles. The van der Waals surface area contributed by atoms with E-state index in [1.54, 1.807) is 12.1 Å². The van der Waals surface area contributed by atoms with Crippen LogP contribution in [0.4, 0.5) is 0 Å². The van der Waals surface area contributed by atoms with Gasteiger partial charge >= 0.3 is 0 Å². The molecule has 0 amide bonds. The van der Waals surface area contributed by atoms with Gasteiger partial charge in [0.05, 0.1) is 0 Å². The molecule has 1 aromatic heterocycles. The van der Waals surface area contributed by atoms with Crippen molar-refractivity contribution in [3.63, 3.8) is 0 Å². The van der Waals surface area contributed by atoms with Gasteiger partial charge in [-0.1, -0.05) is 16.8 Å². The van der Waals surface area contributed by atoms with Crippen molar-refractivity contribution in [3.05, 3.63) is 35.2 Å². The van der Waals surface area contributed by atoms with Gasteiger partial charge in [-0.2, -0.15) is 4.98 Å². The van der Waals surface area contributed by atoms with E-state index in [0.717, 1.165) is 18.6 Å². The van der Waals surface area contributed by atoms with E-state index in [-0.39, 0.29) is 0 Å². The second kappa shape index (κ2) is 9.89. The van der Waals surface area contributed by atoms with E-state index in [9.17, 15) is 0 Å². The molecular formula is C16H22ClN5O2. The van der Waals surface area contributed by atoms with Gasteiger partial charge in [-0.3, -0.25) is 4.99 Å². The third-order valence-electron chi connectivity index (χ3n) is 3.15. The van der Waals surface area contributed by atoms with Gasteiger partial charge in [0.25, 0.3) is 0 Å². The van der Waals surface area contributed by atoms with Crippen molar-refractivity contribution < 1.29 is 9.26 Å². The maximum absolute atomic E-state index is 5.86. The highest BCUT2D eigenvalue weighted by Gasteiger charge is 2.08. The first-order chi connectivity index (χ1) is 11.7. The highest BCUT2D eigenvalue weighted by molar-refractivity contribution is 6.30. The number of nitrogens with two attached hydrogens (primary N) is 1. The summed E-state index contributed by atoms with van der Waals surface area (Å²) in [6, 6.07) is 7.28. The van der Waals surface area contributed by atoms with Crippen molar-refractivity contribution in [2.75, 3.05) is 26.3 Å². The molecule has 0 aliphatic heterocycles. The topological polar surface area (TPSA) is 98.6 Å².